The van der Waals surface area contributed by atoms with E-state index in [0.717, 1.165) is 43.4 Å². The molecule has 2 aliphatic heterocycles. The van der Waals surface area contributed by atoms with Crippen LogP contribution in [-0.4, -0.2) is 216 Å². The molecule has 5 atom stereocenters. The zero-order valence-corrected chi connectivity index (χ0v) is 55.7. The molecule has 14 N–H and O–H groups in total. The number of thioether (sulfide) groups is 1. The number of carbonyl (C=O) groups is 10. The van der Waals surface area contributed by atoms with Crippen molar-refractivity contribution in [2.45, 2.75) is 172 Å². The highest BCUT2D eigenvalue weighted by molar-refractivity contribution is 8.00. The highest BCUT2D eigenvalue weighted by atomic mass is 32.2. The summed E-state index contributed by atoms with van der Waals surface area (Å²) >= 11 is 1.88. The zero-order chi connectivity index (χ0) is 67.0. The van der Waals surface area contributed by atoms with Gasteiger partial charge in [0.15, 0.2) is 0 Å². The van der Waals surface area contributed by atoms with Gasteiger partial charge in [-0.05, 0) is 141 Å². The van der Waals surface area contributed by atoms with E-state index in [4.69, 9.17) is 28.7 Å². The number of nitrogens with two attached hydrogens (primary N) is 5. The van der Waals surface area contributed by atoms with Crippen molar-refractivity contribution < 1.29 is 47.9 Å². The van der Waals surface area contributed by atoms with Gasteiger partial charge in [-0.15, -0.1) is 0 Å². The van der Waals surface area contributed by atoms with Gasteiger partial charge in [-0.1, -0.05) is 79.9 Å². The Balaban J connectivity index is 1.34. The molecule has 0 aromatic heterocycles. The molecule has 0 aliphatic carbocycles. The molecule has 26 heteroatoms. The second kappa shape index (κ2) is 44.6. The van der Waals surface area contributed by atoms with E-state index >= 15 is 0 Å². The number of primary amides is 1. The fourth-order valence-electron chi connectivity index (χ4n) is 11.3. The number of unbranched alkanes of at least 4 members (excludes halogenated alkanes) is 9. The molecule has 2 aliphatic rings. The minimum atomic E-state index is -0.726. The van der Waals surface area contributed by atoms with Gasteiger partial charge >= 0.3 is 6.03 Å². The van der Waals surface area contributed by atoms with Crippen molar-refractivity contribution in [3.8, 4) is 0 Å². The van der Waals surface area contributed by atoms with Crippen LogP contribution in [-0.2, 0) is 43.2 Å². The van der Waals surface area contributed by atoms with E-state index in [9.17, 15) is 47.9 Å². The molecule has 2 saturated heterocycles. The fraction of sp³-hybridized carbons (Fsp3) is 0.667. The normalized spacial score (nSPS) is 15.5. The first-order valence-electron chi connectivity index (χ1n) is 33.5. The van der Waals surface area contributed by atoms with Gasteiger partial charge in [0.05, 0.1) is 56.9 Å². The van der Waals surface area contributed by atoms with E-state index in [0.29, 0.717) is 140 Å². The van der Waals surface area contributed by atoms with Gasteiger partial charge in [-0.3, -0.25) is 43.2 Å². The van der Waals surface area contributed by atoms with Gasteiger partial charge in [0.1, 0.15) is 6.54 Å². The van der Waals surface area contributed by atoms with E-state index in [-0.39, 0.29) is 75.0 Å². The van der Waals surface area contributed by atoms with Gasteiger partial charge < -0.3 is 79.3 Å². The summed E-state index contributed by atoms with van der Waals surface area (Å²) in [4.78, 5) is 144. The van der Waals surface area contributed by atoms with Crippen LogP contribution in [0.1, 0.15) is 165 Å². The van der Waals surface area contributed by atoms with Crippen LogP contribution in [0.15, 0.2) is 60.7 Å². The Labute approximate surface area is 549 Å². The lowest BCUT2D eigenvalue weighted by Gasteiger charge is -2.35. The average molecular weight is 1300 g/mol. The molecule has 4 rings (SSSR count). The average Bonchev–Trinajstić information content (AvgIpc) is 1.76. The fourth-order valence-corrected chi connectivity index (χ4v) is 12.9. The number of nitrogens with zero attached hydrogens (tertiary/aromatic N) is 6. The SMILES string of the molecule is C[C@@H](c1ccccc1)N(CC(N)=O)C(=O)CN(CCCCN)C(=O)CN(C(=O)CN(CCCCN)C(=O)CN(CCCCN)C(=O)CN(CCCCN)C(=O)CCCCCNC(=O)CCCCCNC(=O)CCCCC1SC[C@@H]2NC(=O)N[C@H]12)[C@@H](C)c1ccccc1. The standard InChI is InChI=1S/C66H109N15O10S/c1-50(52-25-7-3-8-26-52)80(43-56(71)82)63(89)46-79(42-24-18-36-70)62(88)48-81(51(2)53-27-9-4-10-28-53)64(90)47-78(41-23-17-35-69)61(87)45-77(40-22-16-34-68)60(86)44-76(39-21-15-33-67)59(85)32-12-6-20-38-72-57(83)30-11-5-19-37-73-58(84)31-14-13-29-55-65-54(49-92-55)74-66(91)75-65/h3-4,7-10,25-28,50-51,54-55,65H,5-6,11-24,29-49,67-70H2,1-2H3,(H2,71,82)(H,72,83)(H,73,84)(H2,74,75,91)/t50-,51-,54-,55?,65-/m0/s1. The Morgan fingerprint density at radius 2 is 0.859 bits per heavy atom. The van der Waals surface area contributed by atoms with Gasteiger partial charge in [0.25, 0.3) is 0 Å². The van der Waals surface area contributed by atoms with Crippen LogP contribution in [0.3, 0.4) is 0 Å². The van der Waals surface area contributed by atoms with Crippen molar-refractivity contribution in [1.82, 2.24) is 50.7 Å². The van der Waals surface area contributed by atoms with Crippen LogP contribution in [0.4, 0.5) is 4.79 Å². The molecule has 0 spiro atoms. The molecule has 514 valence electrons. The van der Waals surface area contributed by atoms with Gasteiger partial charge in [-0.25, -0.2) is 4.79 Å². The molecule has 2 fully saturated rings. The summed E-state index contributed by atoms with van der Waals surface area (Å²) < 4.78 is 0. The molecule has 0 bridgehead atoms. The van der Waals surface area contributed by atoms with Crippen LogP contribution < -0.4 is 49.9 Å². The highest BCUT2D eigenvalue weighted by Gasteiger charge is 2.42. The van der Waals surface area contributed by atoms with E-state index in [1.165, 1.54) is 29.4 Å². The van der Waals surface area contributed by atoms with Crippen molar-refractivity contribution >= 4 is 71.0 Å². The second-order valence-electron chi connectivity index (χ2n) is 24.1. The second-order valence-corrected chi connectivity index (χ2v) is 25.4. The Kier molecular flexibility index (Phi) is 37.6. The Morgan fingerprint density at radius 1 is 0.467 bits per heavy atom. The minimum Gasteiger partial charge on any atom is -0.368 e. The lowest BCUT2D eigenvalue weighted by atomic mass is 10.0. The minimum absolute atomic E-state index is 0.0304. The molecule has 0 saturated carbocycles. The van der Waals surface area contributed by atoms with Crippen LogP contribution in [0, 0.1) is 0 Å². The molecule has 25 nitrogen and oxygen atoms in total. The molecule has 2 aromatic rings. The van der Waals surface area contributed by atoms with E-state index in [2.05, 4.69) is 21.3 Å². The summed E-state index contributed by atoms with van der Waals surface area (Å²) in [7, 11) is 0. The van der Waals surface area contributed by atoms with Gasteiger partial charge in [0, 0.05) is 69.5 Å². The van der Waals surface area contributed by atoms with Crippen LogP contribution in [0.2, 0.25) is 0 Å². The van der Waals surface area contributed by atoms with E-state index in [1.807, 2.05) is 72.4 Å². The number of fused-ring (bicyclic) bond motifs is 1. The van der Waals surface area contributed by atoms with Crippen molar-refractivity contribution in [2.24, 2.45) is 28.7 Å². The maximum atomic E-state index is 14.9. The first-order valence-corrected chi connectivity index (χ1v) is 34.6. The van der Waals surface area contributed by atoms with Gasteiger partial charge in [-0.2, -0.15) is 11.8 Å². The summed E-state index contributed by atoms with van der Waals surface area (Å²) in [5.41, 5.74) is 30.6. The molecule has 0 radical (unpaired) electrons. The number of amides is 11. The summed E-state index contributed by atoms with van der Waals surface area (Å²) in [5.74, 6) is -2.63. The van der Waals surface area contributed by atoms with Crippen molar-refractivity contribution in [1.29, 1.82) is 0 Å². The lowest BCUT2D eigenvalue weighted by molar-refractivity contribution is -0.149. The largest absolute Gasteiger partial charge is 0.368 e. The topological polar surface area (TPSA) is 368 Å². The summed E-state index contributed by atoms with van der Waals surface area (Å²) in [6.45, 7) is 4.29. The Hall–Kier alpha value is -6.87. The number of hydrogen-bond acceptors (Lipinski definition) is 15. The van der Waals surface area contributed by atoms with Crippen LogP contribution in [0.25, 0.3) is 0 Å². The quantitative estimate of drug-likeness (QED) is 0.0340. The molecular weight excluding hydrogens is 1190 g/mol. The molecular formula is C66H109N15O10S. The highest BCUT2D eigenvalue weighted by Crippen LogP contribution is 2.33. The Bertz CT molecular complexity index is 2580. The number of urea groups is 1. The molecule has 1 unspecified atom stereocenters. The number of carbonyl (C=O) groups excluding carboxylic acids is 10. The third kappa shape index (κ3) is 29.0. The third-order valence-electron chi connectivity index (χ3n) is 16.9. The molecule has 11 amide bonds. The number of nitrogens with one attached hydrogen (secondary N) is 4. The number of benzene rings is 2. The maximum Gasteiger partial charge on any atom is 0.315 e. The summed E-state index contributed by atoms with van der Waals surface area (Å²) in [6.07, 6.45) is 12.1. The first-order chi connectivity index (χ1) is 44.4. The van der Waals surface area contributed by atoms with E-state index in [1.54, 1.807) is 13.8 Å². The molecule has 2 aromatic carbocycles. The van der Waals surface area contributed by atoms with Crippen molar-refractivity contribution in [3.05, 3.63) is 71.8 Å². The first kappa shape index (κ1) is 77.6. The maximum absolute atomic E-state index is 14.9. The zero-order valence-electron chi connectivity index (χ0n) is 54.9. The predicted octanol–water partition coefficient (Wildman–Crippen LogP) is 3.00. The van der Waals surface area contributed by atoms with Crippen LogP contribution >= 0.6 is 11.8 Å². The summed E-state index contributed by atoms with van der Waals surface area (Å²) in [5, 5.41) is 12.3. The summed E-state index contributed by atoms with van der Waals surface area (Å²) in [6, 6.07) is 17.3. The monoisotopic (exact) mass is 1300 g/mol. The van der Waals surface area contributed by atoms with Gasteiger partial charge in [0.2, 0.25) is 53.2 Å². The Morgan fingerprint density at radius 3 is 1.29 bits per heavy atom. The van der Waals surface area contributed by atoms with Crippen molar-refractivity contribution in [2.75, 3.05) is 110 Å². The number of rotatable bonds is 49. The van der Waals surface area contributed by atoms with Crippen molar-refractivity contribution in [3.63, 3.8) is 0 Å². The van der Waals surface area contributed by atoms with E-state index < -0.39 is 80.3 Å². The molecule has 92 heavy (non-hydrogen) atoms. The lowest BCUT2D eigenvalue weighted by Crippen LogP contribution is -2.52. The van der Waals surface area contributed by atoms with Crippen LogP contribution in [0.5, 0.6) is 0 Å². The third-order valence-corrected chi connectivity index (χ3v) is 18.4. The number of hydrogen-bond donors (Lipinski definition) is 9. The molecule has 2 heterocycles. The predicted molar refractivity (Wildman–Crippen MR) is 359 cm³/mol. The smallest absolute Gasteiger partial charge is 0.315 e.